The lowest BCUT2D eigenvalue weighted by Crippen LogP contribution is -2.54. The van der Waals surface area contributed by atoms with E-state index in [2.05, 4.69) is 15.5 Å². The number of nitrogens with one attached hydrogen (secondary N) is 2. The van der Waals surface area contributed by atoms with Crippen LogP contribution < -0.4 is 10.6 Å². The van der Waals surface area contributed by atoms with Crippen LogP contribution in [0.25, 0.3) is 0 Å². The van der Waals surface area contributed by atoms with Crippen molar-refractivity contribution < 1.29 is 19.2 Å². The second-order valence-corrected chi connectivity index (χ2v) is 8.95. The second kappa shape index (κ2) is 7.28. The number of amides is 4. The number of benzene rings is 1. The molecule has 0 aromatic heterocycles. The van der Waals surface area contributed by atoms with Crippen molar-refractivity contribution in [2.75, 3.05) is 19.6 Å². The minimum absolute atomic E-state index is 0.125. The molecule has 8 heteroatoms. The van der Waals surface area contributed by atoms with E-state index in [9.17, 15) is 19.2 Å². The van der Waals surface area contributed by atoms with E-state index < -0.39 is 23.8 Å². The standard InChI is InChI=1S/C22H26N4O4/c27-18-6-5-17(19(28)24-18)26-20(29)15-4-3-14(11-16(15)21(26)30)12-25-10-8-22(13-25)7-1-2-9-23-22/h3-4,11,17,23H,1-2,5-10,12-13H2,(H,24,27,28). The summed E-state index contributed by atoms with van der Waals surface area (Å²) in [5.41, 5.74) is 1.91. The molecule has 8 nitrogen and oxygen atoms in total. The number of hydrogen-bond donors (Lipinski definition) is 2. The normalized spacial score (nSPS) is 29.6. The highest BCUT2D eigenvalue weighted by Crippen LogP contribution is 2.32. The first-order valence-electron chi connectivity index (χ1n) is 10.8. The molecule has 158 valence electrons. The molecular weight excluding hydrogens is 384 g/mol. The first-order valence-corrected chi connectivity index (χ1v) is 10.8. The largest absolute Gasteiger partial charge is 0.310 e. The molecule has 0 aliphatic carbocycles. The smallest absolute Gasteiger partial charge is 0.262 e. The van der Waals surface area contributed by atoms with Gasteiger partial charge in [-0.2, -0.15) is 0 Å². The van der Waals surface area contributed by atoms with E-state index in [-0.39, 0.29) is 24.3 Å². The van der Waals surface area contributed by atoms with Gasteiger partial charge in [-0.3, -0.25) is 34.3 Å². The minimum atomic E-state index is -0.922. The van der Waals surface area contributed by atoms with E-state index in [1.807, 2.05) is 6.07 Å². The van der Waals surface area contributed by atoms with Crippen LogP contribution in [0.2, 0.25) is 0 Å². The Bertz CT molecular complexity index is 937. The number of rotatable bonds is 3. The Morgan fingerprint density at radius 3 is 2.63 bits per heavy atom. The summed E-state index contributed by atoms with van der Waals surface area (Å²) in [6.07, 6.45) is 5.16. The van der Waals surface area contributed by atoms with Gasteiger partial charge >= 0.3 is 0 Å². The van der Waals surface area contributed by atoms with Crippen molar-refractivity contribution in [3.8, 4) is 0 Å². The summed E-state index contributed by atoms with van der Waals surface area (Å²) in [7, 11) is 0. The van der Waals surface area contributed by atoms with Gasteiger partial charge < -0.3 is 5.32 Å². The van der Waals surface area contributed by atoms with Crippen LogP contribution in [0.3, 0.4) is 0 Å². The van der Waals surface area contributed by atoms with E-state index in [1.165, 1.54) is 19.3 Å². The molecule has 5 rings (SSSR count). The van der Waals surface area contributed by atoms with Gasteiger partial charge in [0.1, 0.15) is 6.04 Å². The Balaban J connectivity index is 1.31. The third kappa shape index (κ3) is 3.24. The summed E-state index contributed by atoms with van der Waals surface area (Å²) in [5.74, 6) is -1.85. The number of likely N-dealkylation sites (tertiary alicyclic amines) is 1. The summed E-state index contributed by atoms with van der Waals surface area (Å²) in [6, 6.07) is 4.47. The highest BCUT2D eigenvalue weighted by atomic mass is 16.2. The van der Waals surface area contributed by atoms with Crippen LogP contribution in [0.1, 0.15) is 64.8 Å². The molecule has 2 unspecified atom stereocenters. The van der Waals surface area contributed by atoms with E-state index in [0.29, 0.717) is 11.1 Å². The first kappa shape index (κ1) is 19.4. The first-order chi connectivity index (χ1) is 14.5. The molecule has 4 aliphatic rings. The molecule has 1 aromatic rings. The quantitative estimate of drug-likeness (QED) is 0.716. The van der Waals surface area contributed by atoms with Crippen LogP contribution >= 0.6 is 0 Å². The highest BCUT2D eigenvalue weighted by molar-refractivity contribution is 6.23. The Morgan fingerprint density at radius 1 is 1.03 bits per heavy atom. The molecule has 0 saturated carbocycles. The van der Waals surface area contributed by atoms with Crippen LogP contribution in [-0.2, 0) is 16.1 Å². The SMILES string of the molecule is O=C1CCC(N2C(=O)c3ccc(CN4CCC5(CCCCN5)C4)cc3C2=O)C(=O)N1. The van der Waals surface area contributed by atoms with Gasteiger partial charge in [0.15, 0.2) is 0 Å². The predicted molar refractivity (Wildman–Crippen MR) is 108 cm³/mol. The monoisotopic (exact) mass is 410 g/mol. The van der Waals surface area contributed by atoms with Crippen molar-refractivity contribution in [2.24, 2.45) is 0 Å². The van der Waals surface area contributed by atoms with Gasteiger partial charge in [0.2, 0.25) is 11.8 Å². The van der Waals surface area contributed by atoms with Crippen molar-refractivity contribution in [3.05, 3.63) is 34.9 Å². The maximum absolute atomic E-state index is 13.0. The van der Waals surface area contributed by atoms with Crippen LogP contribution in [-0.4, -0.2) is 64.6 Å². The van der Waals surface area contributed by atoms with E-state index in [0.717, 1.165) is 43.1 Å². The molecule has 2 atom stereocenters. The summed E-state index contributed by atoms with van der Waals surface area (Å²) in [6.45, 7) is 3.83. The van der Waals surface area contributed by atoms with E-state index in [4.69, 9.17) is 0 Å². The number of carbonyl (C=O) groups is 4. The Hall–Kier alpha value is -2.58. The molecule has 2 N–H and O–H groups in total. The Morgan fingerprint density at radius 2 is 1.87 bits per heavy atom. The molecule has 4 heterocycles. The second-order valence-electron chi connectivity index (χ2n) is 8.95. The van der Waals surface area contributed by atoms with Gasteiger partial charge in [0, 0.05) is 31.6 Å². The summed E-state index contributed by atoms with van der Waals surface area (Å²) < 4.78 is 0. The van der Waals surface area contributed by atoms with Gasteiger partial charge in [-0.05, 0) is 49.9 Å². The molecule has 30 heavy (non-hydrogen) atoms. The lowest BCUT2D eigenvalue weighted by molar-refractivity contribution is -0.136. The summed E-state index contributed by atoms with van der Waals surface area (Å²) >= 11 is 0. The average molecular weight is 410 g/mol. The summed E-state index contributed by atoms with van der Waals surface area (Å²) in [5, 5.41) is 5.93. The van der Waals surface area contributed by atoms with Crippen molar-refractivity contribution in [1.29, 1.82) is 0 Å². The van der Waals surface area contributed by atoms with Crippen molar-refractivity contribution in [2.45, 2.75) is 56.7 Å². The molecular formula is C22H26N4O4. The molecule has 1 spiro atoms. The topological polar surface area (TPSA) is 98.8 Å². The number of imide groups is 2. The molecule has 3 fully saturated rings. The van der Waals surface area contributed by atoms with Crippen LogP contribution in [0.15, 0.2) is 18.2 Å². The van der Waals surface area contributed by atoms with Gasteiger partial charge in [-0.1, -0.05) is 12.5 Å². The fourth-order valence-corrected chi connectivity index (χ4v) is 5.35. The van der Waals surface area contributed by atoms with Crippen LogP contribution in [0.5, 0.6) is 0 Å². The third-order valence-electron chi connectivity index (χ3n) is 6.93. The zero-order valence-corrected chi connectivity index (χ0v) is 16.9. The van der Waals surface area contributed by atoms with Gasteiger partial charge in [0.05, 0.1) is 11.1 Å². The fourth-order valence-electron chi connectivity index (χ4n) is 5.35. The van der Waals surface area contributed by atoms with E-state index >= 15 is 0 Å². The number of carbonyl (C=O) groups excluding carboxylic acids is 4. The molecule has 3 saturated heterocycles. The Kier molecular flexibility index (Phi) is 4.71. The number of nitrogens with zero attached hydrogens (tertiary/aromatic N) is 2. The molecule has 4 amide bonds. The van der Waals surface area contributed by atoms with Gasteiger partial charge in [0.25, 0.3) is 11.8 Å². The number of piperidine rings is 2. The zero-order valence-electron chi connectivity index (χ0n) is 16.9. The Labute approximate surface area is 175 Å². The maximum atomic E-state index is 13.0. The minimum Gasteiger partial charge on any atom is -0.310 e. The number of hydrogen-bond acceptors (Lipinski definition) is 6. The average Bonchev–Trinajstić information content (AvgIpc) is 3.21. The summed E-state index contributed by atoms with van der Waals surface area (Å²) in [4.78, 5) is 52.8. The highest BCUT2D eigenvalue weighted by Gasteiger charge is 2.45. The fraction of sp³-hybridized carbons (Fsp3) is 0.545. The van der Waals surface area contributed by atoms with Crippen molar-refractivity contribution in [1.82, 2.24) is 20.4 Å². The molecule has 0 radical (unpaired) electrons. The van der Waals surface area contributed by atoms with Crippen molar-refractivity contribution >= 4 is 23.6 Å². The predicted octanol–water partition coefficient (Wildman–Crippen LogP) is 0.806. The number of fused-ring (bicyclic) bond motifs is 1. The maximum Gasteiger partial charge on any atom is 0.262 e. The van der Waals surface area contributed by atoms with Gasteiger partial charge in [-0.25, -0.2) is 0 Å². The van der Waals surface area contributed by atoms with Crippen molar-refractivity contribution in [3.63, 3.8) is 0 Å². The zero-order chi connectivity index (χ0) is 20.9. The van der Waals surface area contributed by atoms with Crippen LogP contribution in [0, 0.1) is 0 Å². The van der Waals surface area contributed by atoms with Crippen LogP contribution in [0.4, 0.5) is 0 Å². The molecule has 4 aliphatic heterocycles. The lowest BCUT2D eigenvalue weighted by atomic mass is 9.88. The molecule has 0 bridgehead atoms. The third-order valence-corrected chi connectivity index (χ3v) is 6.93. The lowest BCUT2D eigenvalue weighted by Gasteiger charge is -2.35. The van der Waals surface area contributed by atoms with Gasteiger partial charge in [-0.15, -0.1) is 0 Å². The molecule has 1 aromatic carbocycles. The van der Waals surface area contributed by atoms with E-state index in [1.54, 1.807) is 12.1 Å².